The molecule has 0 spiro atoms. The molecule has 7 nitrogen and oxygen atoms in total. The molecule has 1 aliphatic heterocycles. The number of rotatable bonds is 2. The predicted octanol–water partition coefficient (Wildman–Crippen LogP) is 1.61. The molecule has 10 heteroatoms. The van der Waals surface area contributed by atoms with Crippen molar-refractivity contribution in [1.82, 2.24) is 0 Å². The van der Waals surface area contributed by atoms with Crippen molar-refractivity contribution < 1.29 is 47.9 Å². The number of allylic oxidation sites excluding steroid dienone is 2. The first-order valence-electron chi connectivity index (χ1n) is 10.1. The number of ether oxygens (including phenoxy) is 2. The highest BCUT2D eigenvalue weighted by atomic mass is 19.4. The topological polar surface area (TPSA) is 116 Å². The third kappa shape index (κ3) is 7.34. The van der Waals surface area contributed by atoms with E-state index in [4.69, 9.17) is 9.47 Å². The van der Waals surface area contributed by atoms with Gasteiger partial charge < -0.3 is 29.9 Å². The average Bonchev–Trinajstić information content (AvgIpc) is 2.67. The maximum atomic E-state index is 12.8. The lowest BCUT2D eigenvalue weighted by atomic mass is 9.79. The molecule has 0 fully saturated rings. The van der Waals surface area contributed by atoms with Gasteiger partial charge in [-0.15, -0.1) is 0 Å². The van der Waals surface area contributed by atoms with E-state index in [1.165, 1.54) is 24.3 Å². The van der Waals surface area contributed by atoms with Gasteiger partial charge in [-0.25, -0.2) is 0 Å². The number of carbonyl (C=O) groups excluding carboxylic acids is 1. The number of hydrogen-bond acceptors (Lipinski definition) is 7. The minimum Gasteiger partial charge on any atom is -0.489 e. The van der Waals surface area contributed by atoms with Crippen LogP contribution in [0.2, 0.25) is 0 Å². The van der Waals surface area contributed by atoms with E-state index < -0.39 is 61.1 Å². The van der Waals surface area contributed by atoms with Crippen molar-refractivity contribution in [3.8, 4) is 0 Å². The Kier molecular flexibility index (Phi) is 8.70. The van der Waals surface area contributed by atoms with Crippen LogP contribution in [0.5, 0.6) is 0 Å². The summed E-state index contributed by atoms with van der Waals surface area (Å²) in [5, 5.41) is 40.6. The van der Waals surface area contributed by atoms with E-state index in [1.807, 2.05) is 0 Å². The molecule has 0 bridgehead atoms. The molecule has 0 saturated heterocycles. The van der Waals surface area contributed by atoms with Crippen LogP contribution in [0.3, 0.4) is 0 Å². The molecule has 8 atom stereocenters. The van der Waals surface area contributed by atoms with Crippen molar-refractivity contribution in [2.75, 3.05) is 6.61 Å². The second-order valence-electron chi connectivity index (χ2n) is 8.02. The van der Waals surface area contributed by atoms with Crippen LogP contribution in [0.4, 0.5) is 13.2 Å². The van der Waals surface area contributed by atoms with E-state index in [0.29, 0.717) is 0 Å². The number of alkyl halides is 3. The van der Waals surface area contributed by atoms with Crippen LogP contribution >= 0.6 is 0 Å². The zero-order chi connectivity index (χ0) is 23.3. The van der Waals surface area contributed by atoms with Crippen molar-refractivity contribution in [3.05, 3.63) is 36.1 Å². The quantitative estimate of drug-likeness (QED) is 0.373. The van der Waals surface area contributed by atoms with Crippen molar-refractivity contribution in [3.63, 3.8) is 0 Å². The van der Waals surface area contributed by atoms with Gasteiger partial charge in [-0.3, -0.25) is 4.79 Å². The number of aliphatic hydroxyl groups is 4. The molecule has 0 aromatic heterocycles. The Balaban J connectivity index is 2.30. The van der Waals surface area contributed by atoms with Gasteiger partial charge >= 0.3 is 12.1 Å². The maximum Gasteiger partial charge on any atom is 0.422 e. The average molecular weight is 450 g/mol. The molecule has 2 unspecified atom stereocenters. The molecule has 0 saturated carbocycles. The fourth-order valence-electron chi connectivity index (χ4n) is 3.45. The molecule has 31 heavy (non-hydrogen) atoms. The van der Waals surface area contributed by atoms with Crippen LogP contribution in [-0.2, 0) is 14.3 Å². The van der Waals surface area contributed by atoms with Crippen LogP contribution in [0, 0.1) is 17.8 Å². The van der Waals surface area contributed by atoms with Gasteiger partial charge in [0, 0.05) is 12.3 Å². The van der Waals surface area contributed by atoms with Gasteiger partial charge in [-0.1, -0.05) is 31.2 Å². The molecule has 0 aromatic carbocycles. The first-order chi connectivity index (χ1) is 14.4. The third-order valence-electron chi connectivity index (χ3n) is 5.48. The predicted molar refractivity (Wildman–Crippen MR) is 103 cm³/mol. The van der Waals surface area contributed by atoms with Crippen LogP contribution in [-0.4, -0.2) is 69.7 Å². The highest BCUT2D eigenvalue weighted by Gasteiger charge is 2.40. The van der Waals surface area contributed by atoms with E-state index in [2.05, 4.69) is 0 Å². The standard InChI is InChI=1S/C21H29F3O7/c1-11-6-7-16(26)19(28)15(25)5-3-4-13-8-14(30-10-21(22,23)24)9-17(27)18(13)20(29)31-12(11)2/h3-4,6-7,9,11-13,15-19,25-28H,5,8,10H2,1-2H3/b4-3+,7-6-/t11-,12+,13+,15+,16?,17?,18+,19+/m1/s1. The molecule has 2 rings (SSSR count). The fourth-order valence-corrected chi connectivity index (χ4v) is 3.45. The number of esters is 1. The molecule has 2 aliphatic rings. The largest absolute Gasteiger partial charge is 0.489 e. The maximum absolute atomic E-state index is 12.8. The fraction of sp³-hybridized carbons (Fsp3) is 0.667. The van der Waals surface area contributed by atoms with Gasteiger partial charge in [0.15, 0.2) is 6.61 Å². The summed E-state index contributed by atoms with van der Waals surface area (Å²) >= 11 is 0. The van der Waals surface area contributed by atoms with Crippen molar-refractivity contribution >= 4 is 5.97 Å². The van der Waals surface area contributed by atoms with Gasteiger partial charge in [0.25, 0.3) is 0 Å². The Hall–Kier alpha value is -1.88. The van der Waals surface area contributed by atoms with E-state index in [0.717, 1.165) is 6.08 Å². The summed E-state index contributed by atoms with van der Waals surface area (Å²) < 4.78 is 47.7. The molecule has 0 amide bonds. The van der Waals surface area contributed by atoms with E-state index in [-0.39, 0.29) is 24.5 Å². The molecule has 1 heterocycles. The van der Waals surface area contributed by atoms with Crippen molar-refractivity contribution in [1.29, 1.82) is 0 Å². The number of halogens is 3. The highest BCUT2D eigenvalue weighted by molar-refractivity contribution is 5.75. The summed E-state index contributed by atoms with van der Waals surface area (Å²) in [5.41, 5.74) is 0. The SMILES string of the molecule is C[C@@H]1/C=C\C(O)[C@@H](O)[C@@H](O)C/C=C/[C@H]2CC(OCC(F)(F)F)=CC(O)[C@H]2C(=O)O[C@H]1C. The minimum absolute atomic E-state index is 0.0885. The van der Waals surface area contributed by atoms with Gasteiger partial charge in [-0.2, -0.15) is 13.2 Å². The van der Waals surface area contributed by atoms with E-state index in [1.54, 1.807) is 13.8 Å². The second-order valence-corrected chi connectivity index (χ2v) is 8.02. The second kappa shape index (κ2) is 10.6. The number of aliphatic hydroxyl groups excluding tert-OH is 4. The molecule has 176 valence electrons. The van der Waals surface area contributed by atoms with Gasteiger partial charge in [0.05, 0.1) is 23.9 Å². The van der Waals surface area contributed by atoms with Gasteiger partial charge in [0.2, 0.25) is 0 Å². The Morgan fingerprint density at radius 2 is 1.77 bits per heavy atom. The van der Waals surface area contributed by atoms with Gasteiger partial charge in [-0.05, 0) is 25.3 Å². The normalized spacial score (nSPS) is 40.0. The Bertz CT molecular complexity index is 704. The zero-order valence-corrected chi connectivity index (χ0v) is 17.3. The monoisotopic (exact) mass is 450 g/mol. The molecule has 1 aliphatic carbocycles. The van der Waals surface area contributed by atoms with Crippen molar-refractivity contribution in [2.45, 2.75) is 63.4 Å². The number of fused-ring (bicyclic) bond motifs is 1. The summed E-state index contributed by atoms with van der Waals surface area (Å²) in [5.74, 6) is -3.03. The van der Waals surface area contributed by atoms with E-state index in [9.17, 15) is 38.4 Å². The summed E-state index contributed by atoms with van der Waals surface area (Å²) in [6, 6.07) is 0. The van der Waals surface area contributed by atoms with Crippen LogP contribution in [0.15, 0.2) is 36.1 Å². The number of carbonyl (C=O) groups is 1. The molecule has 0 aromatic rings. The van der Waals surface area contributed by atoms with Crippen LogP contribution in [0.25, 0.3) is 0 Å². The zero-order valence-electron chi connectivity index (χ0n) is 17.3. The molecule has 4 N–H and O–H groups in total. The molecular formula is C21H29F3O7. The Morgan fingerprint density at radius 1 is 1.10 bits per heavy atom. The first kappa shape index (κ1) is 25.4. The summed E-state index contributed by atoms with van der Waals surface area (Å²) in [6.07, 6.45) is -4.10. The van der Waals surface area contributed by atoms with Crippen LogP contribution in [0.1, 0.15) is 26.7 Å². The molecule has 0 radical (unpaired) electrons. The summed E-state index contributed by atoms with van der Waals surface area (Å²) in [6.45, 7) is 1.80. The highest BCUT2D eigenvalue weighted by Crippen LogP contribution is 2.34. The lowest BCUT2D eigenvalue weighted by Gasteiger charge is -2.33. The molecular weight excluding hydrogens is 421 g/mol. The summed E-state index contributed by atoms with van der Waals surface area (Å²) in [7, 11) is 0. The lowest BCUT2D eigenvalue weighted by molar-refractivity contribution is -0.169. The minimum atomic E-state index is -4.55. The van der Waals surface area contributed by atoms with Crippen LogP contribution < -0.4 is 0 Å². The van der Waals surface area contributed by atoms with Gasteiger partial charge in [0.1, 0.15) is 18.3 Å². The Labute approximate surface area is 178 Å². The first-order valence-corrected chi connectivity index (χ1v) is 10.1. The summed E-state index contributed by atoms with van der Waals surface area (Å²) in [4.78, 5) is 12.8. The number of hydrogen-bond donors (Lipinski definition) is 4. The lowest BCUT2D eigenvalue weighted by Crippen LogP contribution is -2.40. The smallest absolute Gasteiger partial charge is 0.422 e. The van der Waals surface area contributed by atoms with E-state index >= 15 is 0 Å². The Morgan fingerprint density at radius 3 is 2.42 bits per heavy atom. The number of cyclic esters (lactones) is 1. The third-order valence-corrected chi connectivity index (χ3v) is 5.48. The van der Waals surface area contributed by atoms with Crippen molar-refractivity contribution in [2.24, 2.45) is 17.8 Å².